The highest BCUT2D eigenvalue weighted by molar-refractivity contribution is 9.11. The van der Waals surface area contributed by atoms with E-state index in [9.17, 15) is 0 Å². The molecular weight excluding hydrogens is 298 g/mol. The largest absolute Gasteiger partial charge is 0.496 e. The van der Waals surface area contributed by atoms with Crippen LogP contribution in [0.1, 0.15) is 22.0 Å². The first-order chi connectivity index (χ1) is 8.13. The third-order valence-corrected chi connectivity index (χ3v) is 4.30. The molecule has 1 atom stereocenters. The van der Waals surface area contributed by atoms with Crippen LogP contribution in [-0.4, -0.2) is 7.11 Å². The molecule has 2 N–H and O–H groups in total. The zero-order valence-corrected chi connectivity index (χ0v) is 12.1. The van der Waals surface area contributed by atoms with Gasteiger partial charge >= 0.3 is 0 Å². The Kier molecular flexibility index (Phi) is 3.86. The number of rotatable bonds is 3. The maximum absolute atomic E-state index is 6.31. The predicted molar refractivity (Wildman–Crippen MR) is 75.8 cm³/mol. The Morgan fingerprint density at radius 1 is 1.29 bits per heavy atom. The molecule has 2 nitrogen and oxygen atoms in total. The van der Waals surface area contributed by atoms with Crippen molar-refractivity contribution in [3.8, 4) is 5.75 Å². The second kappa shape index (κ2) is 5.21. The van der Waals surface area contributed by atoms with Crippen molar-refractivity contribution in [1.29, 1.82) is 0 Å². The summed E-state index contributed by atoms with van der Waals surface area (Å²) < 4.78 is 6.45. The maximum atomic E-state index is 6.31. The van der Waals surface area contributed by atoms with Crippen LogP contribution in [0.15, 0.2) is 34.1 Å². The molecule has 0 amide bonds. The van der Waals surface area contributed by atoms with Crippen LogP contribution >= 0.6 is 27.3 Å². The zero-order valence-electron chi connectivity index (χ0n) is 9.74. The Hall–Kier alpha value is -0.840. The molecule has 0 saturated carbocycles. The average Bonchev–Trinajstić information content (AvgIpc) is 2.67. The van der Waals surface area contributed by atoms with Crippen molar-refractivity contribution in [2.45, 2.75) is 13.0 Å². The Bertz CT molecular complexity index is 524. The van der Waals surface area contributed by atoms with E-state index in [0.29, 0.717) is 0 Å². The molecule has 0 bridgehead atoms. The normalized spacial score (nSPS) is 12.5. The fraction of sp³-hybridized carbons (Fsp3) is 0.231. The molecule has 2 aromatic rings. The maximum Gasteiger partial charge on any atom is 0.123 e. The topological polar surface area (TPSA) is 35.2 Å². The molecule has 0 fully saturated rings. The second-order valence-electron chi connectivity index (χ2n) is 3.78. The molecule has 0 aliphatic rings. The molecule has 0 aliphatic heterocycles. The van der Waals surface area contributed by atoms with E-state index >= 15 is 0 Å². The van der Waals surface area contributed by atoms with Gasteiger partial charge in [0.2, 0.25) is 0 Å². The van der Waals surface area contributed by atoms with E-state index in [4.69, 9.17) is 10.5 Å². The standard InChI is InChI=1S/C13H14BrNOS/c1-8-10(7-12(14)17-8)13(15)9-5-3-4-6-11(9)16-2/h3-7,13H,15H2,1-2H3. The lowest BCUT2D eigenvalue weighted by Gasteiger charge is -2.15. The monoisotopic (exact) mass is 311 g/mol. The van der Waals surface area contributed by atoms with Gasteiger partial charge < -0.3 is 10.5 Å². The summed E-state index contributed by atoms with van der Waals surface area (Å²) in [6.45, 7) is 2.08. The molecule has 0 saturated heterocycles. The summed E-state index contributed by atoms with van der Waals surface area (Å²) in [5.41, 5.74) is 8.47. The average molecular weight is 312 g/mol. The number of methoxy groups -OCH3 is 1. The summed E-state index contributed by atoms with van der Waals surface area (Å²) in [4.78, 5) is 1.23. The third-order valence-electron chi connectivity index (χ3n) is 2.74. The van der Waals surface area contributed by atoms with Crippen molar-refractivity contribution >= 4 is 27.3 Å². The van der Waals surface area contributed by atoms with Crippen LogP contribution in [0.4, 0.5) is 0 Å². The van der Waals surface area contributed by atoms with Gasteiger partial charge in [-0.1, -0.05) is 18.2 Å². The quantitative estimate of drug-likeness (QED) is 0.933. The van der Waals surface area contributed by atoms with E-state index in [1.807, 2.05) is 24.3 Å². The SMILES string of the molecule is COc1ccccc1C(N)c1cc(Br)sc1C. The number of thiophene rings is 1. The van der Waals surface area contributed by atoms with Crippen molar-refractivity contribution in [2.75, 3.05) is 7.11 Å². The summed E-state index contributed by atoms with van der Waals surface area (Å²) in [6, 6.07) is 9.81. The fourth-order valence-corrected chi connectivity index (χ4v) is 3.62. The van der Waals surface area contributed by atoms with Crippen LogP contribution in [0.25, 0.3) is 0 Å². The first-order valence-electron chi connectivity index (χ1n) is 5.27. The van der Waals surface area contributed by atoms with Crippen LogP contribution in [0, 0.1) is 6.92 Å². The van der Waals surface area contributed by atoms with Crippen molar-refractivity contribution in [1.82, 2.24) is 0 Å². The first kappa shape index (κ1) is 12.6. The molecule has 1 unspecified atom stereocenters. The fourth-order valence-electron chi connectivity index (χ4n) is 1.86. The van der Waals surface area contributed by atoms with Crippen molar-refractivity contribution < 1.29 is 4.74 Å². The lowest BCUT2D eigenvalue weighted by Crippen LogP contribution is -2.13. The Morgan fingerprint density at radius 3 is 2.59 bits per heavy atom. The van der Waals surface area contributed by atoms with Crippen molar-refractivity contribution in [2.24, 2.45) is 5.73 Å². The lowest BCUT2D eigenvalue weighted by molar-refractivity contribution is 0.408. The van der Waals surface area contributed by atoms with Crippen LogP contribution in [0.3, 0.4) is 0 Å². The van der Waals surface area contributed by atoms with E-state index in [0.717, 1.165) is 20.7 Å². The number of hydrogen-bond donors (Lipinski definition) is 1. The highest BCUT2D eigenvalue weighted by atomic mass is 79.9. The van der Waals surface area contributed by atoms with E-state index in [1.165, 1.54) is 4.88 Å². The summed E-state index contributed by atoms with van der Waals surface area (Å²) in [7, 11) is 1.67. The van der Waals surface area contributed by atoms with Crippen molar-refractivity contribution in [3.05, 3.63) is 50.1 Å². The van der Waals surface area contributed by atoms with Crippen LogP contribution in [0.2, 0.25) is 0 Å². The summed E-state index contributed by atoms with van der Waals surface area (Å²) in [5.74, 6) is 0.835. The van der Waals surface area contributed by atoms with E-state index in [-0.39, 0.29) is 6.04 Å². The molecule has 0 aliphatic carbocycles. The molecule has 2 rings (SSSR count). The van der Waals surface area contributed by atoms with Gasteiger partial charge in [-0.25, -0.2) is 0 Å². The Balaban J connectivity index is 2.43. The van der Waals surface area contributed by atoms with E-state index in [2.05, 4.69) is 28.9 Å². The number of nitrogens with two attached hydrogens (primary N) is 1. The smallest absolute Gasteiger partial charge is 0.123 e. The highest BCUT2D eigenvalue weighted by Crippen LogP contribution is 2.35. The lowest BCUT2D eigenvalue weighted by atomic mass is 9.99. The van der Waals surface area contributed by atoms with Gasteiger partial charge in [0.15, 0.2) is 0 Å². The number of para-hydroxylation sites is 1. The van der Waals surface area contributed by atoms with Crippen LogP contribution in [0.5, 0.6) is 5.75 Å². The molecule has 4 heteroatoms. The predicted octanol–water partition coefficient (Wildman–Crippen LogP) is 3.88. The zero-order chi connectivity index (χ0) is 12.4. The molecule has 1 aromatic heterocycles. The Morgan fingerprint density at radius 2 is 2.00 bits per heavy atom. The van der Waals surface area contributed by atoms with Gasteiger partial charge in [-0.3, -0.25) is 0 Å². The minimum Gasteiger partial charge on any atom is -0.496 e. The number of halogens is 1. The molecule has 90 valence electrons. The first-order valence-corrected chi connectivity index (χ1v) is 6.88. The summed E-state index contributed by atoms with van der Waals surface area (Å²) in [6.07, 6.45) is 0. The van der Waals surface area contributed by atoms with E-state index in [1.54, 1.807) is 18.4 Å². The number of benzene rings is 1. The Labute approximate surface area is 114 Å². The van der Waals surface area contributed by atoms with Gasteiger partial charge in [0, 0.05) is 10.4 Å². The molecule has 0 spiro atoms. The van der Waals surface area contributed by atoms with Gasteiger partial charge in [0.05, 0.1) is 16.9 Å². The molecule has 1 heterocycles. The highest BCUT2D eigenvalue weighted by Gasteiger charge is 2.17. The summed E-state index contributed by atoms with van der Waals surface area (Å²) in [5, 5.41) is 0. The van der Waals surface area contributed by atoms with Gasteiger partial charge in [0.25, 0.3) is 0 Å². The minimum absolute atomic E-state index is 0.145. The van der Waals surface area contributed by atoms with Crippen molar-refractivity contribution in [3.63, 3.8) is 0 Å². The van der Waals surface area contributed by atoms with E-state index < -0.39 is 0 Å². The van der Waals surface area contributed by atoms with Crippen LogP contribution in [-0.2, 0) is 0 Å². The van der Waals surface area contributed by atoms with Gasteiger partial charge in [-0.15, -0.1) is 11.3 Å². The van der Waals surface area contributed by atoms with Gasteiger partial charge in [-0.2, -0.15) is 0 Å². The molecule has 17 heavy (non-hydrogen) atoms. The minimum atomic E-state index is -0.145. The van der Waals surface area contributed by atoms with Gasteiger partial charge in [-0.05, 0) is 40.5 Å². The number of hydrogen-bond acceptors (Lipinski definition) is 3. The second-order valence-corrected chi connectivity index (χ2v) is 6.42. The molecule has 1 aromatic carbocycles. The molecular formula is C13H14BrNOS. The number of ether oxygens (including phenoxy) is 1. The third kappa shape index (κ3) is 2.54. The van der Waals surface area contributed by atoms with Gasteiger partial charge in [0.1, 0.15) is 5.75 Å². The summed E-state index contributed by atoms with van der Waals surface area (Å²) >= 11 is 5.19. The molecule has 0 radical (unpaired) electrons. The number of aryl methyl sites for hydroxylation is 1. The van der Waals surface area contributed by atoms with Crippen LogP contribution < -0.4 is 10.5 Å².